The Hall–Kier alpha value is -3.23. The van der Waals surface area contributed by atoms with Crippen LogP contribution in [0.4, 0.5) is 23.2 Å². The van der Waals surface area contributed by atoms with E-state index < -0.39 is 17.5 Å². The average molecular weight is 561 g/mol. The van der Waals surface area contributed by atoms with Crippen LogP contribution in [0, 0.1) is 23.3 Å². The Morgan fingerprint density at radius 1 is 1.08 bits per heavy atom. The number of hydrogen-bond donors (Lipinski definition) is 3. The van der Waals surface area contributed by atoms with Gasteiger partial charge in [0.05, 0.1) is 0 Å². The zero-order chi connectivity index (χ0) is 29.1. The first-order valence-electron chi connectivity index (χ1n) is 12.2. The summed E-state index contributed by atoms with van der Waals surface area (Å²) in [7, 11) is 3.67. The molecule has 6 nitrogen and oxygen atoms in total. The summed E-state index contributed by atoms with van der Waals surface area (Å²) in [4.78, 5) is 10.6. The molecule has 0 radical (unpaired) electrons. The first kappa shape index (κ1) is 32.0. The van der Waals surface area contributed by atoms with Gasteiger partial charge in [-0.25, -0.2) is 13.2 Å². The van der Waals surface area contributed by atoms with Gasteiger partial charge in [0.1, 0.15) is 5.82 Å². The Morgan fingerprint density at radius 3 is 2.26 bits per heavy atom. The van der Waals surface area contributed by atoms with E-state index in [2.05, 4.69) is 16.4 Å². The average Bonchev–Trinajstić information content (AvgIpc) is 2.90. The van der Waals surface area contributed by atoms with Crippen molar-refractivity contribution in [3.63, 3.8) is 0 Å². The van der Waals surface area contributed by atoms with Gasteiger partial charge in [0, 0.05) is 12.1 Å². The molecule has 0 aromatic heterocycles. The van der Waals surface area contributed by atoms with E-state index in [0.29, 0.717) is 48.7 Å². The Balaban J connectivity index is 0.00000170. The Labute approximate surface area is 232 Å². The van der Waals surface area contributed by atoms with Gasteiger partial charge in [-0.05, 0) is 0 Å². The van der Waals surface area contributed by atoms with Gasteiger partial charge in [0.25, 0.3) is 0 Å². The molecule has 0 unspecified atom stereocenters. The standard InChI is InChI=1S/C26H28F4N3O.CH3NO.CH2.Al/c1-16(33(3)15-18-5-6-20(14-23(18)28)34-9-8-31)21-7-4-17(11-26(21)32-2)10-22-24(29)12-19(27)13-25(22)30;2-1-3;;/h4,6-7,11-14,16,32H,8-10,15,31H2,1-3H3;1H,(H2,2,3);1H2;/t16-;;;/m0.../s1. The van der Waals surface area contributed by atoms with Crippen molar-refractivity contribution in [3.05, 3.63) is 88.0 Å². The second kappa shape index (κ2) is 15.4. The van der Waals surface area contributed by atoms with E-state index in [1.165, 1.54) is 6.07 Å². The van der Waals surface area contributed by atoms with Gasteiger partial charge in [0.2, 0.25) is 6.41 Å². The van der Waals surface area contributed by atoms with Crippen LogP contribution in [-0.2, 0) is 17.8 Å². The molecule has 0 fully saturated rings. The van der Waals surface area contributed by atoms with Crippen molar-refractivity contribution >= 4 is 36.7 Å². The number of primary amides is 1. The van der Waals surface area contributed by atoms with Crippen LogP contribution in [0.3, 0.4) is 0 Å². The maximum absolute atomic E-state index is 15.0. The van der Waals surface area contributed by atoms with Crippen molar-refractivity contribution < 1.29 is 27.1 Å². The molecule has 5 N–H and O–H groups in total. The fourth-order valence-corrected chi connectivity index (χ4v) is 4.86. The molecule has 0 saturated carbocycles. The van der Waals surface area contributed by atoms with Gasteiger partial charge in [-0.2, -0.15) is 0 Å². The molecule has 0 aliphatic heterocycles. The number of rotatable bonds is 11. The number of halogens is 4. The Morgan fingerprint density at radius 2 is 1.69 bits per heavy atom. The number of anilines is 1. The van der Waals surface area contributed by atoms with Gasteiger partial charge in [-0.15, -0.1) is 0 Å². The van der Waals surface area contributed by atoms with Crippen molar-refractivity contribution in [1.29, 1.82) is 0 Å². The number of nitrogens with one attached hydrogen (secondary N) is 1. The molecule has 0 spiro atoms. The van der Waals surface area contributed by atoms with Crippen molar-refractivity contribution in [2.24, 2.45) is 11.5 Å². The molecule has 3 aromatic carbocycles. The number of nitrogens with two attached hydrogens (primary N) is 2. The summed E-state index contributed by atoms with van der Waals surface area (Å²) in [6.45, 7) is 3.02. The van der Waals surface area contributed by atoms with E-state index in [1.54, 1.807) is 13.1 Å². The summed E-state index contributed by atoms with van der Waals surface area (Å²) in [6, 6.07) is 9.95. The molecular formula is C28H33AlF4N4O2. The number of ether oxygens (including phenoxy) is 1. The zero-order valence-corrected chi connectivity index (χ0v) is 23.4. The summed E-state index contributed by atoms with van der Waals surface area (Å²) in [5.41, 5.74) is 12.4. The van der Waals surface area contributed by atoms with E-state index in [0.717, 1.165) is 15.7 Å². The van der Waals surface area contributed by atoms with Crippen molar-refractivity contribution in [3.8, 4) is 5.75 Å². The Kier molecular flexibility index (Phi) is 12.6. The quantitative estimate of drug-likeness (QED) is 0.190. The Bertz CT molecular complexity index is 1270. The molecule has 3 rings (SSSR count). The van der Waals surface area contributed by atoms with Crippen LogP contribution >= 0.6 is 0 Å². The molecule has 0 heterocycles. The van der Waals surface area contributed by atoms with E-state index in [1.807, 2.05) is 37.1 Å². The van der Waals surface area contributed by atoms with Crippen LogP contribution in [0.25, 0.3) is 0 Å². The molecule has 1 amide bonds. The molecular weight excluding hydrogens is 527 g/mol. The normalized spacial score (nSPS) is 11.3. The number of nitrogens with zero attached hydrogens (tertiary/aromatic N) is 1. The van der Waals surface area contributed by atoms with Crippen LogP contribution < -0.4 is 25.9 Å². The molecule has 3 aromatic rings. The van der Waals surface area contributed by atoms with E-state index in [-0.39, 0.29) is 45.0 Å². The first-order valence-corrected chi connectivity index (χ1v) is 13.6. The summed E-state index contributed by atoms with van der Waals surface area (Å²) < 4.78 is 62.8. The number of benzene rings is 3. The fourth-order valence-electron chi connectivity index (χ4n) is 4.10. The fraction of sp³-hybridized carbons (Fsp3) is 0.286. The second-order valence-electron chi connectivity index (χ2n) is 8.74. The summed E-state index contributed by atoms with van der Waals surface area (Å²) in [6.07, 6.45) is 0.233. The van der Waals surface area contributed by atoms with Crippen molar-refractivity contribution in [2.45, 2.75) is 25.9 Å². The molecule has 1 atom stereocenters. The van der Waals surface area contributed by atoms with Crippen molar-refractivity contribution in [2.75, 3.05) is 32.6 Å². The molecule has 0 aliphatic carbocycles. The van der Waals surface area contributed by atoms with Crippen LogP contribution in [-0.4, -0.2) is 58.7 Å². The van der Waals surface area contributed by atoms with Gasteiger partial charge < -0.3 is 5.73 Å². The van der Waals surface area contributed by atoms with E-state index in [9.17, 15) is 17.6 Å². The predicted molar refractivity (Wildman–Crippen MR) is 149 cm³/mol. The van der Waals surface area contributed by atoms with Crippen LogP contribution in [0.1, 0.15) is 35.2 Å². The maximum atomic E-state index is 15.0. The third-order valence-electron chi connectivity index (χ3n) is 6.20. The number of hydrogen-bond acceptors (Lipinski definition) is 5. The second-order valence-corrected chi connectivity index (χ2v) is 9.77. The van der Waals surface area contributed by atoms with Crippen molar-refractivity contribution in [1.82, 2.24) is 4.90 Å². The molecule has 0 saturated heterocycles. The molecule has 0 bridgehead atoms. The van der Waals surface area contributed by atoms with Gasteiger partial charge in [-0.1, -0.05) is 0 Å². The monoisotopic (exact) mass is 560 g/mol. The third-order valence-corrected chi connectivity index (χ3v) is 7.16. The van der Waals surface area contributed by atoms with E-state index >= 15 is 0 Å². The minimum absolute atomic E-state index is 0.0173. The van der Waals surface area contributed by atoms with Gasteiger partial charge in [0.15, 0.2) is 0 Å². The predicted octanol–water partition coefficient (Wildman–Crippen LogP) is 3.27. The summed E-state index contributed by atoms with van der Waals surface area (Å²) >= 11 is -0.387. The zero-order valence-electron chi connectivity index (χ0n) is 22.2. The minimum atomic E-state index is -0.949. The number of carbonyl (C=O) groups excluding carboxylic acids is 1. The number of amides is 1. The van der Waals surface area contributed by atoms with E-state index in [4.69, 9.17) is 15.3 Å². The summed E-state index contributed by atoms with van der Waals surface area (Å²) in [5, 5.41) is 7.15. The first-order chi connectivity index (χ1) is 18.6. The SMILES string of the molecule is NC=O.[CH2]=[Al][c]1cc(OCCN)cc(F)c1CN(C)[C@@H](C)c1ccc(Cc2c(F)cc(F)cc2F)cc1NC. The van der Waals surface area contributed by atoms with Gasteiger partial charge in [-0.3, -0.25) is 4.79 Å². The topological polar surface area (TPSA) is 93.6 Å². The van der Waals surface area contributed by atoms with Crippen LogP contribution in [0.5, 0.6) is 5.75 Å². The number of carbonyl (C=O) groups is 1. The van der Waals surface area contributed by atoms with Crippen LogP contribution in [0.2, 0.25) is 0 Å². The molecule has 39 heavy (non-hydrogen) atoms. The molecule has 11 heteroatoms. The molecule has 208 valence electrons. The van der Waals surface area contributed by atoms with Gasteiger partial charge >= 0.3 is 184 Å². The third kappa shape index (κ3) is 8.63. The van der Waals surface area contributed by atoms with Crippen LogP contribution in [0.15, 0.2) is 42.5 Å². The molecule has 0 aliphatic rings. The summed E-state index contributed by atoms with van der Waals surface area (Å²) in [5.74, 6) is -2.68.